The van der Waals surface area contributed by atoms with Gasteiger partial charge in [-0.05, 0) is 54.8 Å². The third-order valence-corrected chi connectivity index (χ3v) is 6.28. The summed E-state index contributed by atoms with van der Waals surface area (Å²) in [5, 5.41) is 4.36. The van der Waals surface area contributed by atoms with Crippen molar-refractivity contribution in [1.29, 1.82) is 0 Å². The number of hydrogen-bond acceptors (Lipinski definition) is 2. The van der Waals surface area contributed by atoms with Crippen molar-refractivity contribution in [1.82, 2.24) is 10.2 Å². The van der Waals surface area contributed by atoms with Crippen LogP contribution in [0.15, 0.2) is 72.8 Å². The molecule has 3 aromatic carbocycles. The van der Waals surface area contributed by atoms with Crippen molar-refractivity contribution in [2.24, 2.45) is 0 Å². The lowest BCUT2D eigenvalue weighted by molar-refractivity contribution is -0.141. The first kappa shape index (κ1) is 26.1. The predicted molar refractivity (Wildman–Crippen MR) is 139 cm³/mol. The quantitative estimate of drug-likeness (QED) is 0.359. The van der Waals surface area contributed by atoms with Gasteiger partial charge in [0.05, 0.1) is 6.42 Å². The highest BCUT2D eigenvalue weighted by molar-refractivity contribution is 6.36. The Kier molecular flexibility index (Phi) is 9.40. The van der Waals surface area contributed by atoms with Gasteiger partial charge in [0.2, 0.25) is 11.8 Å². The van der Waals surface area contributed by atoms with Gasteiger partial charge >= 0.3 is 0 Å². The molecule has 0 bridgehead atoms. The highest BCUT2D eigenvalue weighted by Gasteiger charge is 2.31. The van der Waals surface area contributed by atoms with E-state index in [1.165, 1.54) is 0 Å². The average molecular weight is 518 g/mol. The Bertz CT molecular complexity index is 1120. The lowest BCUT2D eigenvalue weighted by atomic mass is 10.0. The van der Waals surface area contributed by atoms with E-state index in [9.17, 15) is 9.59 Å². The minimum absolute atomic E-state index is 0.0285. The van der Waals surface area contributed by atoms with Gasteiger partial charge in [0.1, 0.15) is 6.04 Å². The first-order chi connectivity index (χ1) is 16.2. The Morgan fingerprint density at radius 2 is 1.47 bits per heavy atom. The van der Waals surface area contributed by atoms with Crippen LogP contribution in [0, 0.1) is 0 Å². The van der Waals surface area contributed by atoms with Crippen molar-refractivity contribution in [3.8, 4) is 0 Å². The first-order valence-electron chi connectivity index (χ1n) is 11.1. The lowest BCUT2D eigenvalue weighted by Gasteiger charge is -2.32. The van der Waals surface area contributed by atoms with Gasteiger partial charge in [-0.15, -0.1) is 0 Å². The van der Waals surface area contributed by atoms with Crippen molar-refractivity contribution in [2.45, 2.75) is 45.3 Å². The lowest BCUT2D eigenvalue weighted by Crippen LogP contribution is -2.52. The van der Waals surface area contributed by atoms with Gasteiger partial charge in [-0.1, -0.05) is 83.3 Å². The Morgan fingerprint density at radius 1 is 0.853 bits per heavy atom. The molecule has 0 saturated carbocycles. The second kappa shape index (κ2) is 12.3. The molecule has 178 valence electrons. The third kappa shape index (κ3) is 7.23. The fraction of sp³-hybridized carbons (Fsp3) is 0.259. The molecule has 0 radical (unpaired) electrons. The summed E-state index contributed by atoms with van der Waals surface area (Å²) in [7, 11) is 0. The summed E-state index contributed by atoms with van der Waals surface area (Å²) in [5.74, 6) is -0.478. The number of rotatable bonds is 9. The summed E-state index contributed by atoms with van der Waals surface area (Å²) in [6.45, 7) is 4.00. The minimum Gasteiger partial charge on any atom is -0.352 e. The maximum absolute atomic E-state index is 13.7. The van der Waals surface area contributed by atoms with E-state index in [4.69, 9.17) is 34.8 Å². The Balaban J connectivity index is 2.01. The number of carbonyl (C=O) groups is 2. The molecule has 0 aromatic heterocycles. The predicted octanol–water partition coefficient (Wildman–Crippen LogP) is 6.35. The molecule has 2 amide bonds. The van der Waals surface area contributed by atoms with Crippen LogP contribution in [0.4, 0.5) is 0 Å². The van der Waals surface area contributed by atoms with E-state index in [1.807, 2.05) is 56.3 Å². The largest absolute Gasteiger partial charge is 0.352 e. The van der Waals surface area contributed by atoms with Crippen LogP contribution in [0.3, 0.4) is 0 Å². The van der Waals surface area contributed by atoms with Crippen molar-refractivity contribution >= 4 is 46.6 Å². The van der Waals surface area contributed by atoms with Crippen molar-refractivity contribution in [3.05, 3.63) is 105 Å². The smallest absolute Gasteiger partial charge is 0.243 e. The van der Waals surface area contributed by atoms with Gasteiger partial charge in [0.25, 0.3) is 0 Å². The van der Waals surface area contributed by atoms with E-state index in [2.05, 4.69) is 5.32 Å². The summed E-state index contributed by atoms with van der Waals surface area (Å²) < 4.78 is 0. The summed E-state index contributed by atoms with van der Waals surface area (Å²) in [4.78, 5) is 28.7. The number of amides is 2. The molecule has 0 aliphatic heterocycles. The van der Waals surface area contributed by atoms with Gasteiger partial charge in [-0.2, -0.15) is 0 Å². The van der Waals surface area contributed by atoms with Crippen LogP contribution in [0.5, 0.6) is 0 Å². The Hall–Kier alpha value is -2.53. The van der Waals surface area contributed by atoms with E-state index in [1.54, 1.807) is 35.2 Å². The van der Waals surface area contributed by atoms with Crippen LogP contribution in [-0.2, 0) is 29.0 Å². The molecular formula is C27H27Cl3N2O2. The Labute approximate surface area is 215 Å². The number of carbonyl (C=O) groups excluding carboxylic acids is 2. The average Bonchev–Trinajstić information content (AvgIpc) is 2.79. The molecule has 7 heteroatoms. The number of nitrogens with zero attached hydrogens (tertiary/aromatic N) is 1. The molecule has 1 N–H and O–H groups in total. The maximum atomic E-state index is 13.7. The van der Waals surface area contributed by atoms with Crippen LogP contribution >= 0.6 is 34.8 Å². The molecule has 0 saturated heterocycles. The molecule has 0 heterocycles. The van der Waals surface area contributed by atoms with Crippen molar-refractivity contribution in [3.63, 3.8) is 0 Å². The summed E-state index contributed by atoms with van der Waals surface area (Å²) >= 11 is 18.9. The van der Waals surface area contributed by atoms with Crippen LogP contribution in [0.2, 0.25) is 15.1 Å². The number of benzene rings is 3. The number of halogens is 3. The zero-order valence-electron chi connectivity index (χ0n) is 19.1. The molecule has 0 fully saturated rings. The molecule has 3 aromatic rings. The monoisotopic (exact) mass is 516 g/mol. The summed E-state index contributed by atoms with van der Waals surface area (Å²) in [5.41, 5.74) is 2.31. The minimum atomic E-state index is -0.738. The van der Waals surface area contributed by atoms with Crippen LogP contribution in [0.25, 0.3) is 0 Å². The summed E-state index contributed by atoms with van der Waals surface area (Å²) in [6.07, 6.45) is 0.335. The van der Waals surface area contributed by atoms with Gasteiger partial charge in [-0.25, -0.2) is 0 Å². The molecule has 0 spiro atoms. The van der Waals surface area contributed by atoms with E-state index in [0.29, 0.717) is 27.1 Å². The molecule has 0 aliphatic carbocycles. The van der Waals surface area contributed by atoms with Crippen LogP contribution in [-0.4, -0.2) is 28.8 Å². The molecule has 0 aliphatic rings. The van der Waals surface area contributed by atoms with Crippen molar-refractivity contribution in [2.75, 3.05) is 0 Å². The highest BCUT2D eigenvalue weighted by atomic mass is 35.5. The second-order valence-electron chi connectivity index (χ2n) is 8.40. The standard InChI is InChI=1S/C27H27Cl3N2O2/c1-18(2)31-27(34)25(15-19-8-4-3-5-9-19)32(17-20-10-6-11-21(28)14-20)26(33)16-22-23(29)12-7-13-24(22)30/h3-14,18,25H,15-17H2,1-2H3,(H,31,34)/t25-/m1/s1. The second-order valence-corrected chi connectivity index (χ2v) is 9.65. The summed E-state index contributed by atoms with van der Waals surface area (Å²) in [6, 6.07) is 21.2. The van der Waals surface area contributed by atoms with Gasteiger partial charge in [0, 0.05) is 34.1 Å². The van der Waals surface area contributed by atoms with E-state index in [-0.39, 0.29) is 30.8 Å². The fourth-order valence-electron chi connectivity index (χ4n) is 3.72. The van der Waals surface area contributed by atoms with Gasteiger partial charge < -0.3 is 10.2 Å². The van der Waals surface area contributed by atoms with E-state index < -0.39 is 6.04 Å². The highest BCUT2D eigenvalue weighted by Crippen LogP contribution is 2.26. The Morgan fingerprint density at radius 3 is 2.09 bits per heavy atom. The molecule has 4 nitrogen and oxygen atoms in total. The molecular weight excluding hydrogens is 491 g/mol. The van der Waals surface area contributed by atoms with E-state index in [0.717, 1.165) is 11.1 Å². The third-order valence-electron chi connectivity index (χ3n) is 5.33. The zero-order valence-corrected chi connectivity index (χ0v) is 21.4. The van der Waals surface area contributed by atoms with Crippen LogP contribution in [0.1, 0.15) is 30.5 Å². The molecule has 34 heavy (non-hydrogen) atoms. The normalized spacial score (nSPS) is 11.8. The molecule has 3 rings (SSSR count). The van der Waals surface area contributed by atoms with Crippen molar-refractivity contribution < 1.29 is 9.59 Å². The SMILES string of the molecule is CC(C)NC(=O)[C@@H](Cc1ccccc1)N(Cc1cccc(Cl)c1)C(=O)Cc1c(Cl)cccc1Cl. The fourth-order valence-corrected chi connectivity index (χ4v) is 4.46. The molecule has 0 unspecified atom stereocenters. The number of nitrogens with one attached hydrogen (secondary N) is 1. The topological polar surface area (TPSA) is 49.4 Å². The van der Waals surface area contributed by atoms with Gasteiger partial charge in [0.15, 0.2) is 0 Å². The zero-order chi connectivity index (χ0) is 24.7. The van der Waals surface area contributed by atoms with Gasteiger partial charge in [-0.3, -0.25) is 9.59 Å². The first-order valence-corrected chi connectivity index (χ1v) is 12.2. The maximum Gasteiger partial charge on any atom is 0.243 e. The number of hydrogen-bond donors (Lipinski definition) is 1. The van der Waals surface area contributed by atoms with Crippen LogP contribution < -0.4 is 5.32 Å². The molecule has 1 atom stereocenters. The van der Waals surface area contributed by atoms with E-state index >= 15 is 0 Å².